The van der Waals surface area contributed by atoms with Crippen molar-refractivity contribution < 1.29 is 9.53 Å². The third kappa shape index (κ3) is 5.80. The van der Waals surface area contributed by atoms with Crippen molar-refractivity contribution in [1.82, 2.24) is 5.32 Å². The molecule has 0 fully saturated rings. The number of nitrogens with one attached hydrogen (secondary N) is 1. The van der Waals surface area contributed by atoms with Crippen molar-refractivity contribution in [2.75, 3.05) is 18.9 Å². The van der Waals surface area contributed by atoms with E-state index >= 15 is 0 Å². The van der Waals surface area contributed by atoms with E-state index in [1.807, 2.05) is 48.5 Å². The minimum absolute atomic E-state index is 0.0217. The highest BCUT2D eigenvalue weighted by Gasteiger charge is 2.06. The molecule has 0 unspecified atom stereocenters. The van der Waals surface area contributed by atoms with Gasteiger partial charge in [0.05, 0.1) is 12.3 Å². The van der Waals surface area contributed by atoms with Crippen LogP contribution in [0.25, 0.3) is 10.8 Å². The van der Waals surface area contributed by atoms with Crippen LogP contribution in [0.15, 0.2) is 60.7 Å². The fraction of sp³-hybridized carbons (Fsp3) is 0.190. The molecular weight excluding hydrogens is 401 g/mol. The lowest BCUT2D eigenvalue weighted by molar-refractivity contribution is -0.118. The molecule has 1 N–H and O–H groups in total. The summed E-state index contributed by atoms with van der Waals surface area (Å²) >= 11 is 13.5. The zero-order chi connectivity index (χ0) is 19.1. The molecular formula is C21H19Cl2NO2S. The van der Waals surface area contributed by atoms with Gasteiger partial charge in [-0.05, 0) is 29.1 Å². The summed E-state index contributed by atoms with van der Waals surface area (Å²) in [4.78, 5) is 12.0. The smallest absolute Gasteiger partial charge is 0.230 e. The standard InChI is InChI=1S/C21H19Cl2NO2S/c22-17-9-8-16(19(23)12-17)13-27-14-21(25)24-10-11-26-20-7-3-5-15-4-1-2-6-18(15)20/h1-9,12H,10-11,13-14H2,(H,24,25). The van der Waals surface area contributed by atoms with Gasteiger partial charge >= 0.3 is 0 Å². The van der Waals surface area contributed by atoms with Crippen molar-refractivity contribution >= 4 is 51.6 Å². The van der Waals surface area contributed by atoms with Crippen molar-refractivity contribution in [3.05, 3.63) is 76.3 Å². The van der Waals surface area contributed by atoms with E-state index in [0.717, 1.165) is 22.1 Å². The largest absolute Gasteiger partial charge is 0.491 e. The minimum Gasteiger partial charge on any atom is -0.491 e. The molecule has 6 heteroatoms. The van der Waals surface area contributed by atoms with Crippen LogP contribution in [0.2, 0.25) is 10.0 Å². The Morgan fingerprint density at radius 3 is 2.70 bits per heavy atom. The molecule has 3 nitrogen and oxygen atoms in total. The summed E-state index contributed by atoms with van der Waals surface area (Å²) in [5, 5.41) is 6.31. The Morgan fingerprint density at radius 2 is 1.85 bits per heavy atom. The second-order valence-corrected chi connectivity index (χ2v) is 7.73. The Bertz CT molecular complexity index is 928. The SMILES string of the molecule is O=C(CSCc1ccc(Cl)cc1Cl)NCCOc1cccc2ccccc12. The molecule has 3 aromatic rings. The molecule has 0 aliphatic heterocycles. The average Bonchev–Trinajstić information content (AvgIpc) is 2.67. The minimum atomic E-state index is -0.0217. The molecule has 0 atom stereocenters. The van der Waals surface area contributed by atoms with Gasteiger partial charge in [-0.3, -0.25) is 4.79 Å². The Hall–Kier alpha value is -1.88. The van der Waals surface area contributed by atoms with E-state index in [0.29, 0.717) is 34.7 Å². The zero-order valence-corrected chi connectivity index (χ0v) is 16.9. The third-order valence-corrected chi connectivity index (χ3v) is 5.51. The summed E-state index contributed by atoms with van der Waals surface area (Å²) in [6.07, 6.45) is 0. The second-order valence-electron chi connectivity index (χ2n) is 5.90. The molecule has 0 aliphatic rings. The highest BCUT2D eigenvalue weighted by atomic mass is 35.5. The van der Waals surface area contributed by atoms with Gasteiger partial charge in [0.25, 0.3) is 0 Å². The van der Waals surface area contributed by atoms with Crippen LogP contribution < -0.4 is 10.1 Å². The maximum Gasteiger partial charge on any atom is 0.230 e. The number of hydrogen-bond donors (Lipinski definition) is 1. The molecule has 0 bridgehead atoms. The number of benzene rings is 3. The number of rotatable bonds is 8. The van der Waals surface area contributed by atoms with Crippen molar-refractivity contribution in [1.29, 1.82) is 0 Å². The summed E-state index contributed by atoms with van der Waals surface area (Å²) in [6, 6.07) is 19.4. The Labute approximate surface area is 173 Å². The first kappa shape index (κ1) is 19.9. The molecule has 140 valence electrons. The summed E-state index contributed by atoms with van der Waals surface area (Å²) in [7, 11) is 0. The van der Waals surface area contributed by atoms with Crippen molar-refractivity contribution in [3.63, 3.8) is 0 Å². The van der Waals surface area contributed by atoms with Gasteiger partial charge in [-0.15, -0.1) is 11.8 Å². The fourth-order valence-corrected chi connectivity index (χ4v) is 4.03. The first-order valence-electron chi connectivity index (χ1n) is 8.52. The predicted molar refractivity (Wildman–Crippen MR) is 115 cm³/mol. The molecule has 27 heavy (non-hydrogen) atoms. The summed E-state index contributed by atoms with van der Waals surface area (Å²) in [5.41, 5.74) is 0.971. The number of halogens is 2. The van der Waals surface area contributed by atoms with Crippen molar-refractivity contribution in [2.45, 2.75) is 5.75 Å². The van der Waals surface area contributed by atoms with Gasteiger partial charge < -0.3 is 10.1 Å². The van der Waals surface area contributed by atoms with Crippen molar-refractivity contribution in [2.24, 2.45) is 0 Å². The number of thioether (sulfide) groups is 1. The molecule has 0 saturated heterocycles. The highest BCUT2D eigenvalue weighted by molar-refractivity contribution is 7.99. The lowest BCUT2D eigenvalue weighted by Crippen LogP contribution is -2.29. The molecule has 0 saturated carbocycles. The lowest BCUT2D eigenvalue weighted by atomic mass is 10.1. The maximum atomic E-state index is 12.0. The van der Waals surface area contributed by atoms with Gasteiger partial charge in [-0.2, -0.15) is 0 Å². The Balaban J connectivity index is 1.38. The van der Waals surface area contributed by atoms with Crippen LogP contribution in [0, 0.1) is 0 Å². The average molecular weight is 420 g/mol. The van der Waals surface area contributed by atoms with Crippen LogP contribution >= 0.6 is 35.0 Å². The van der Waals surface area contributed by atoms with Crippen LogP contribution in [0.4, 0.5) is 0 Å². The van der Waals surface area contributed by atoms with E-state index in [1.165, 1.54) is 11.8 Å². The molecule has 0 spiro atoms. The van der Waals surface area contributed by atoms with E-state index in [9.17, 15) is 4.79 Å². The van der Waals surface area contributed by atoms with Gasteiger partial charge in [0, 0.05) is 21.2 Å². The van der Waals surface area contributed by atoms with Crippen LogP contribution in [0.1, 0.15) is 5.56 Å². The summed E-state index contributed by atoms with van der Waals surface area (Å²) in [6.45, 7) is 0.887. The van der Waals surface area contributed by atoms with Crippen LogP contribution in [0.3, 0.4) is 0 Å². The summed E-state index contributed by atoms with van der Waals surface area (Å²) in [5.74, 6) is 1.84. The Morgan fingerprint density at radius 1 is 1.04 bits per heavy atom. The van der Waals surface area contributed by atoms with E-state index in [-0.39, 0.29) is 5.91 Å². The molecule has 0 aromatic heterocycles. The third-order valence-electron chi connectivity index (χ3n) is 3.94. The monoisotopic (exact) mass is 419 g/mol. The molecule has 0 heterocycles. The van der Waals surface area contributed by atoms with Gasteiger partial charge in [0.15, 0.2) is 0 Å². The molecule has 0 aliphatic carbocycles. The van der Waals surface area contributed by atoms with E-state index in [4.69, 9.17) is 27.9 Å². The van der Waals surface area contributed by atoms with Gasteiger partial charge in [0.1, 0.15) is 12.4 Å². The Kier molecular flexibility index (Phi) is 7.27. The van der Waals surface area contributed by atoms with E-state index in [2.05, 4.69) is 5.32 Å². The number of hydrogen-bond acceptors (Lipinski definition) is 3. The first-order valence-corrected chi connectivity index (χ1v) is 10.4. The van der Waals surface area contributed by atoms with E-state index < -0.39 is 0 Å². The van der Waals surface area contributed by atoms with Crippen LogP contribution in [0.5, 0.6) is 5.75 Å². The predicted octanol–water partition coefficient (Wildman–Crippen LogP) is 5.58. The van der Waals surface area contributed by atoms with Gasteiger partial charge in [-0.1, -0.05) is 65.7 Å². The van der Waals surface area contributed by atoms with Gasteiger partial charge in [0.2, 0.25) is 5.91 Å². The van der Waals surface area contributed by atoms with E-state index in [1.54, 1.807) is 12.1 Å². The normalized spacial score (nSPS) is 10.7. The fourth-order valence-electron chi connectivity index (χ4n) is 2.62. The summed E-state index contributed by atoms with van der Waals surface area (Å²) < 4.78 is 5.82. The lowest BCUT2D eigenvalue weighted by Gasteiger charge is -2.10. The zero-order valence-electron chi connectivity index (χ0n) is 14.6. The number of amides is 1. The van der Waals surface area contributed by atoms with Crippen molar-refractivity contribution in [3.8, 4) is 5.75 Å². The molecule has 3 aromatic carbocycles. The first-order chi connectivity index (χ1) is 13.1. The number of fused-ring (bicyclic) bond motifs is 1. The molecule has 1 amide bonds. The molecule has 0 radical (unpaired) electrons. The van der Waals surface area contributed by atoms with Crippen LogP contribution in [-0.4, -0.2) is 24.8 Å². The number of carbonyl (C=O) groups is 1. The van der Waals surface area contributed by atoms with Crippen LogP contribution in [-0.2, 0) is 10.5 Å². The second kappa shape index (κ2) is 9.88. The highest BCUT2D eigenvalue weighted by Crippen LogP contribution is 2.25. The number of ether oxygens (including phenoxy) is 1. The quantitative estimate of drug-likeness (QED) is 0.484. The topological polar surface area (TPSA) is 38.3 Å². The molecule has 3 rings (SSSR count). The maximum absolute atomic E-state index is 12.0. The number of carbonyl (C=O) groups excluding carboxylic acids is 1. The van der Waals surface area contributed by atoms with Gasteiger partial charge in [-0.25, -0.2) is 0 Å².